The van der Waals surface area contributed by atoms with Crippen LogP contribution in [0, 0.1) is 5.41 Å². The molecule has 0 atom stereocenters. The highest BCUT2D eigenvalue weighted by Gasteiger charge is 2.52. The van der Waals surface area contributed by atoms with E-state index in [1.54, 1.807) is 25.3 Å². The Kier molecular flexibility index (Phi) is 9.21. The summed E-state index contributed by atoms with van der Waals surface area (Å²) in [5.74, 6) is -5.39. The van der Waals surface area contributed by atoms with Crippen LogP contribution in [0.25, 0.3) is 0 Å². The molecule has 1 heterocycles. The van der Waals surface area contributed by atoms with Crippen molar-refractivity contribution in [3.63, 3.8) is 0 Å². The minimum atomic E-state index is -5.18. The second kappa shape index (κ2) is 10.6. The molecule has 0 bridgehead atoms. The Balaban J connectivity index is 2.70. The van der Waals surface area contributed by atoms with Gasteiger partial charge in [0.25, 0.3) is 5.79 Å². The number of halogens is 4. The minimum Gasteiger partial charge on any atom is -0.358 e. The first-order chi connectivity index (χ1) is 13.0. The zero-order chi connectivity index (χ0) is 21.4. The van der Waals surface area contributed by atoms with Crippen molar-refractivity contribution in [3.05, 3.63) is 36.4 Å². The van der Waals surface area contributed by atoms with Gasteiger partial charge in [-0.15, -0.1) is 0 Å². The second-order valence-electron chi connectivity index (χ2n) is 5.48. The molecule has 0 spiro atoms. The van der Waals surface area contributed by atoms with Gasteiger partial charge in [0.2, 0.25) is 5.91 Å². The van der Waals surface area contributed by atoms with Crippen LogP contribution in [0.3, 0.4) is 0 Å². The number of aromatic nitrogens is 1. The Labute approximate surface area is 169 Å². The third-order valence-electron chi connectivity index (χ3n) is 3.39. The largest absolute Gasteiger partial charge is 0.443 e. The van der Waals surface area contributed by atoms with E-state index >= 15 is 0 Å². The molecule has 0 radical (unpaired) electrons. The van der Waals surface area contributed by atoms with Crippen LogP contribution in [0.4, 0.5) is 18.9 Å². The molecule has 0 unspecified atom stereocenters. The maximum absolute atomic E-state index is 12.4. The van der Waals surface area contributed by atoms with E-state index in [9.17, 15) is 18.0 Å². The normalized spacial score (nSPS) is 12.6. The van der Waals surface area contributed by atoms with Gasteiger partial charge in [-0.05, 0) is 19.1 Å². The van der Waals surface area contributed by atoms with Crippen molar-refractivity contribution in [2.24, 2.45) is 0 Å². The van der Waals surface area contributed by atoms with E-state index in [0.717, 1.165) is 0 Å². The second-order valence-corrected chi connectivity index (χ2v) is 6.97. The zero-order valence-electron chi connectivity index (χ0n) is 14.8. The fourth-order valence-corrected chi connectivity index (χ4v) is 3.00. The first-order valence-corrected chi connectivity index (χ1v) is 9.53. The molecule has 0 aliphatic rings. The summed E-state index contributed by atoms with van der Waals surface area (Å²) >= 11 is 6.34. The average Bonchev–Trinajstić information content (AvgIpc) is 2.61. The number of allylic oxidation sites excluding steroid dienone is 1. The summed E-state index contributed by atoms with van der Waals surface area (Å²) in [6.07, 6.45) is -0.901. The van der Waals surface area contributed by atoms with Crippen LogP contribution >= 0.6 is 23.4 Å². The van der Waals surface area contributed by atoms with E-state index in [-0.39, 0.29) is 24.4 Å². The first-order valence-electron chi connectivity index (χ1n) is 8.00. The van der Waals surface area contributed by atoms with Crippen molar-refractivity contribution in [3.8, 4) is 0 Å². The molecule has 1 rings (SSSR count). The van der Waals surface area contributed by atoms with Crippen LogP contribution in [-0.2, 0) is 4.79 Å². The summed E-state index contributed by atoms with van der Waals surface area (Å²) in [6, 6.07) is 3.40. The van der Waals surface area contributed by atoms with E-state index in [1.807, 2.05) is 0 Å². The van der Waals surface area contributed by atoms with Crippen molar-refractivity contribution in [1.82, 2.24) is 9.88 Å². The molecule has 0 aromatic carbocycles. The Morgan fingerprint density at radius 1 is 1.46 bits per heavy atom. The number of anilines is 1. The number of carbonyl (C=O) groups is 1. The molecule has 0 aliphatic carbocycles. The van der Waals surface area contributed by atoms with Gasteiger partial charge in [0.15, 0.2) is 0 Å². The predicted molar refractivity (Wildman–Crippen MR) is 102 cm³/mol. The van der Waals surface area contributed by atoms with Crippen molar-refractivity contribution in [2.45, 2.75) is 25.3 Å². The van der Waals surface area contributed by atoms with Crippen LogP contribution < -0.4 is 5.32 Å². The van der Waals surface area contributed by atoms with Crippen molar-refractivity contribution in [2.75, 3.05) is 23.4 Å². The number of nitrogens with one attached hydrogen (secondary N) is 2. The lowest BCUT2D eigenvalue weighted by Gasteiger charge is -2.25. The number of amides is 1. The van der Waals surface area contributed by atoms with Gasteiger partial charge in [-0.1, -0.05) is 11.6 Å². The highest BCUT2D eigenvalue weighted by molar-refractivity contribution is 7.99. The van der Waals surface area contributed by atoms with Crippen molar-refractivity contribution < 1.29 is 28.2 Å². The number of aliphatic hydroxyl groups is 2. The maximum atomic E-state index is 12.4. The lowest BCUT2D eigenvalue weighted by atomic mass is 10.3. The molecule has 7 nitrogen and oxygen atoms in total. The highest BCUT2D eigenvalue weighted by Crippen LogP contribution is 2.31. The van der Waals surface area contributed by atoms with Gasteiger partial charge < -0.3 is 20.4 Å². The van der Waals surface area contributed by atoms with E-state index in [4.69, 9.17) is 27.2 Å². The lowest BCUT2D eigenvalue weighted by Crippen LogP contribution is -2.47. The first kappa shape index (κ1) is 24.2. The van der Waals surface area contributed by atoms with E-state index in [1.165, 1.54) is 17.3 Å². The molecule has 1 amide bonds. The molecule has 0 aliphatic heterocycles. The zero-order valence-corrected chi connectivity index (χ0v) is 16.4. The number of nitrogens with zero attached hydrogens (tertiary/aromatic N) is 2. The van der Waals surface area contributed by atoms with Gasteiger partial charge in [-0.2, -0.15) is 24.9 Å². The SMILES string of the molecule is CCN(C(=O)CCSCC(O)(O)C(F)(F)F)/C(=C/Nc1cccnc1)C(=N)Cl. The summed E-state index contributed by atoms with van der Waals surface area (Å²) in [4.78, 5) is 17.5. The number of pyridine rings is 1. The summed E-state index contributed by atoms with van der Waals surface area (Å²) < 4.78 is 37.1. The predicted octanol–water partition coefficient (Wildman–Crippen LogP) is 2.77. The Morgan fingerprint density at radius 3 is 2.64 bits per heavy atom. The van der Waals surface area contributed by atoms with Crippen molar-refractivity contribution >= 4 is 40.1 Å². The summed E-state index contributed by atoms with van der Waals surface area (Å²) in [7, 11) is 0. The van der Waals surface area contributed by atoms with Crippen molar-refractivity contribution in [1.29, 1.82) is 5.41 Å². The monoisotopic (exact) mass is 440 g/mol. The molecule has 12 heteroatoms. The fraction of sp³-hybridized carbons (Fsp3) is 0.438. The van der Waals surface area contributed by atoms with Crippen LogP contribution in [0.5, 0.6) is 0 Å². The number of hydrogen-bond acceptors (Lipinski definition) is 7. The van der Waals surface area contributed by atoms with Gasteiger partial charge in [-0.25, -0.2) is 0 Å². The topological polar surface area (TPSA) is 110 Å². The molecule has 1 aromatic heterocycles. The van der Waals surface area contributed by atoms with Gasteiger partial charge in [0.1, 0.15) is 5.17 Å². The highest BCUT2D eigenvalue weighted by atomic mass is 35.5. The maximum Gasteiger partial charge on any atom is 0.443 e. The third-order valence-corrected chi connectivity index (χ3v) is 4.68. The number of carbonyl (C=O) groups excluding carboxylic acids is 1. The van der Waals surface area contributed by atoms with Crippen LogP contribution in [0.2, 0.25) is 0 Å². The van der Waals surface area contributed by atoms with Crippen LogP contribution in [0.1, 0.15) is 13.3 Å². The molecule has 4 N–H and O–H groups in total. The van der Waals surface area contributed by atoms with E-state index in [2.05, 4.69) is 10.3 Å². The Morgan fingerprint density at radius 2 is 2.14 bits per heavy atom. The molecule has 1 aromatic rings. The average molecular weight is 441 g/mol. The smallest absolute Gasteiger partial charge is 0.358 e. The summed E-state index contributed by atoms with van der Waals surface area (Å²) in [6.45, 7) is 1.82. The lowest BCUT2D eigenvalue weighted by molar-refractivity contribution is -0.336. The Bertz CT molecular complexity index is 702. The number of hydrogen-bond donors (Lipinski definition) is 4. The van der Waals surface area contributed by atoms with Gasteiger partial charge in [-0.3, -0.25) is 15.2 Å². The number of alkyl halides is 3. The molecule has 0 fully saturated rings. The van der Waals surface area contributed by atoms with E-state index in [0.29, 0.717) is 17.4 Å². The van der Waals surface area contributed by atoms with Crippen LogP contribution in [-0.4, -0.2) is 61.2 Å². The Hall–Kier alpha value is -1.82. The van der Waals surface area contributed by atoms with E-state index < -0.39 is 28.8 Å². The molecular weight excluding hydrogens is 421 g/mol. The van der Waals surface area contributed by atoms with Gasteiger partial charge >= 0.3 is 6.18 Å². The standard InChI is InChI=1S/C16H20ClF3N4O3S/c1-2-24(12(14(17)21)9-23-11-4-3-6-22-8-11)13(25)5-7-28-10-15(26,27)16(18,19)20/h3-4,6,8-9,21,23,26-27H,2,5,7,10H2,1H3/b12-9+,21-14?. The van der Waals surface area contributed by atoms with Gasteiger partial charge in [0.05, 0.1) is 23.3 Å². The quantitative estimate of drug-likeness (QED) is 0.253. The molecular formula is C16H20ClF3N4O3S. The molecule has 0 saturated carbocycles. The summed E-state index contributed by atoms with van der Waals surface area (Å²) in [5.41, 5.74) is 0.684. The fourth-order valence-electron chi connectivity index (χ4n) is 1.93. The molecule has 28 heavy (non-hydrogen) atoms. The minimum absolute atomic E-state index is 0.0762. The molecule has 0 saturated heterocycles. The number of rotatable bonds is 10. The molecule has 156 valence electrons. The van der Waals surface area contributed by atoms with Gasteiger partial charge in [0, 0.05) is 31.1 Å². The van der Waals surface area contributed by atoms with Crippen LogP contribution in [0.15, 0.2) is 36.4 Å². The summed E-state index contributed by atoms with van der Waals surface area (Å²) in [5, 5.41) is 28.0. The third kappa shape index (κ3) is 7.30. The number of thioether (sulfide) groups is 1.